The Morgan fingerprint density at radius 1 is 1.32 bits per heavy atom. The Kier molecular flexibility index (Phi) is 5.20. The van der Waals surface area contributed by atoms with Gasteiger partial charge in [0, 0.05) is 18.3 Å². The van der Waals surface area contributed by atoms with Gasteiger partial charge in [-0.05, 0) is 51.0 Å². The number of ether oxygens (including phenoxy) is 1. The molecule has 0 aliphatic heterocycles. The molecule has 118 valence electrons. The van der Waals surface area contributed by atoms with Gasteiger partial charge < -0.3 is 10.1 Å². The zero-order valence-corrected chi connectivity index (χ0v) is 13.6. The number of benzene rings is 1. The lowest BCUT2D eigenvalue weighted by atomic mass is 10.1. The second kappa shape index (κ2) is 7.11. The van der Waals surface area contributed by atoms with Crippen LogP contribution in [-0.4, -0.2) is 29.3 Å². The van der Waals surface area contributed by atoms with E-state index in [-0.39, 0.29) is 11.9 Å². The third-order valence-corrected chi connectivity index (χ3v) is 3.50. The van der Waals surface area contributed by atoms with Gasteiger partial charge in [0.15, 0.2) is 0 Å². The molecule has 1 amide bonds. The van der Waals surface area contributed by atoms with Crippen LogP contribution in [0.15, 0.2) is 30.3 Å². The van der Waals surface area contributed by atoms with Crippen LogP contribution in [0.25, 0.3) is 0 Å². The fraction of sp³-hybridized carbons (Fsp3) is 0.412. The monoisotopic (exact) mass is 301 g/mol. The number of carbonyl (C=O) groups excluding carboxylic acids is 1. The first-order chi connectivity index (χ1) is 10.5. The lowest BCUT2D eigenvalue weighted by molar-refractivity contribution is 0.0948. The molecular formula is C17H23N3O2. The lowest BCUT2D eigenvalue weighted by Gasteiger charge is -2.07. The van der Waals surface area contributed by atoms with Crippen molar-refractivity contribution in [2.24, 2.45) is 0 Å². The largest absolute Gasteiger partial charge is 0.497 e. The normalized spacial score (nSPS) is 10.8. The number of hydrogen-bond acceptors (Lipinski definition) is 3. The topological polar surface area (TPSA) is 56.1 Å². The molecule has 1 heterocycles. The highest BCUT2D eigenvalue weighted by Crippen LogP contribution is 2.12. The molecule has 0 unspecified atom stereocenters. The van der Waals surface area contributed by atoms with Crippen LogP contribution in [0.2, 0.25) is 0 Å². The summed E-state index contributed by atoms with van der Waals surface area (Å²) in [7, 11) is 1.65. The van der Waals surface area contributed by atoms with Crippen LogP contribution in [-0.2, 0) is 6.42 Å². The molecule has 0 saturated heterocycles. The van der Waals surface area contributed by atoms with E-state index in [1.165, 1.54) is 0 Å². The summed E-state index contributed by atoms with van der Waals surface area (Å²) in [5.41, 5.74) is 2.63. The van der Waals surface area contributed by atoms with Gasteiger partial charge in [-0.25, -0.2) is 0 Å². The van der Waals surface area contributed by atoms with Crippen molar-refractivity contribution in [1.82, 2.24) is 15.1 Å². The van der Waals surface area contributed by atoms with E-state index < -0.39 is 0 Å². The molecule has 0 saturated carbocycles. The van der Waals surface area contributed by atoms with Gasteiger partial charge in [-0.3, -0.25) is 9.48 Å². The van der Waals surface area contributed by atoms with Crippen LogP contribution < -0.4 is 10.1 Å². The van der Waals surface area contributed by atoms with Gasteiger partial charge in [0.25, 0.3) is 5.91 Å². The molecular weight excluding hydrogens is 278 g/mol. The molecule has 0 bridgehead atoms. The Labute approximate surface area is 131 Å². The standard InChI is InChI=1S/C17H23N3O2/c1-12(2)20-13(3)11-16(19-20)17(21)18-10-9-14-5-7-15(22-4)8-6-14/h5-8,11-12H,9-10H2,1-4H3,(H,18,21). The first-order valence-electron chi connectivity index (χ1n) is 7.48. The predicted octanol–water partition coefficient (Wildman–Crippen LogP) is 2.75. The van der Waals surface area contributed by atoms with Gasteiger partial charge in [-0.15, -0.1) is 0 Å². The van der Waals surface area contributed by atoms with Gasteiger partial charge in [-0.1, -0.05) is 12.1 Å². The SMILES string of the molecule is COc1ccc(CCNC(=O)c2cc(C)n(C(C)C)n2)cc1. The summed E-state index contributed by atoms with van der Waals surface area (Å²) in [5.74, 6) is 0.707. The highest BCUT2D eigenvalue weighted by Gasteiger charge is 2.13. The van der Waals surface area contributed by atoms with Crippen LogP contribution in [0, 0.1) is 6.92 Å². The zero-order valence-electron chi connectivity index (χ0n) is 13.6. The van der Waals surface area contributed by atoms with Crippen LogP contribution in [0.3, 0.4) is 0 Å². The molecule has 0 spiro atoms. The Morgan fingerprint density at radius 2 is 2.00 bits per heavy atom. The first kappa shape index (κ1) is 16.1. The van der Waals surface area contributed by atoms with Gasteiger partial charge in [0.05, 0.1) is 7.11 Å². The fourth-order valence-electron chi connectivity index (χ4n) is 2.32. The molecule has 0 aliphatic rings. The molecule has 22 heavy (non-hydrogen) atoms. The molecule has 0 atom stereocenters. The van der Waals surface area contributed by atoms with Crippen LogP contribution in [0.4, 0.5) is 0 Å². The Morgan fingerprint density at radius 3 is 2.55 bits per heavy atom. The number of nitrogens with one attached hydrogen (secondary N) is 1. The lowest BCUT2D eigenvalue weighted by Crippen LogP contribution is -2.26. The number of nitrogens with zero attached hydrogens (tertiary/aromatic N) is 2. The average Bonchev–Trinajstić information content (AvgIpc) is 2.90. The third kappa shape index (κ3) is 3.87. The molecule has 5 nitrogen and oxygen atoms in total. The molecule has 1 aromatic heterocycles. The third-order valence-electron chi connectivity index (χ3n) is 3.50. The van der Waals surface area contributed by atoms with Crippen molar-refractivity contribution in [2.75, 3.05) is 13.7 Å². The highest BCUT2D eigenvalue weighted by molar-refractivity contribution is 5.92. The Bertz CT molecular complexity index is 630. The van der Waals surface area contributed by atoms with Crippen molar-refractivity contribution in [3.8, 4) is 5.75 Å². The van der Waals surface area contributed by atoms with Crippen molar-refractivity contribution in [3.05, 3.63) is 47.3 Å². The van der Waals surface area contributed by atoms with Crippen LogP contribution in [0.5, 0.6) is 5.75 Å². The minimum absolute atomic E-state index is 0.129. The smallest absolute Gasteiger partial charge is 0.271 e. The maximum absolute atomic E-state index is 12.1. The van der Waals surface area contributed by atoms with E-state index >= 15 is 0 Å². The van der Waals surface area contributed by atoms with Gasteiger partial charge in [0.2, 0.25) is 0 Å². The summed E-state index contributed by atoms with van der Waals surface area (Å²) >= 11 is 0. The van der Waals surface area contributed by atoms with Crippen LogP contribution >= 0.6 is 0 Å². The van der Waals surface area contributed by atoms with E-state index in [9.17, 15) is 4.79 Å². The maximum Gasteiger partial charge on any atom is 0.271 e. The Balaban J connectivity index is 1.88. The second-order valence-electron chi connectivity index (χ2n) is 5.56. The second-order valence-corrected chi connectivity index (χ2v) is 5.56. The number of rotatable bonds is 6. The first-order valence-corrected chi connectivity index (χ1v) is 7.48. The average molecular weight is 301 g/mol. The molecule has 0 radical (unpaired) electrons. The molecule has 2 aromatic rings. The molecule has 2 rings (SSSR count). The van der Waals surface area contributed by atoms with E-state index in [0.29, 0.717) is 12.2 Å². The minimum Gasteiger partial charge on any atom is -0.497 e. The fourth-order valence-corrected chi connectivity index (χ4v) is 2.32. The summed E-state index contributed by atoms with van der Waals surface area (Å²) in [5, 5.41) is 7.26. The van der Waals surface area contributed by atoms with Crippen molar-refractivity contribution < 1.29 is 9.53 Å². The van der Waals surface area contributed by atoms with Crippen molar-refractivity contribution in [1.29, 1.82) is 0 Å². The summed E-state index contributed by atoms with van der Waals surface area (Å²) in [6, 6.07) is 9.92. The van der Waals surface area contributed by atoms with E-state index in [1.54, 1.807) is 7.11 Å². The van der Waals surface area contributed by atoms with E-state index in [2.05, 4.69) is 10.4 Å². The molecule has 1 aromatic carbocycles. The summed E-state index contributed by atoms with van der Waals surface area (Å²) in [6.07, 6.45) is 0.777. The van der Waals surface area contributed by atoms with E-state index in [0.717, 1.165) is 23.4 Å². The van der Waals surface area contributed by atoms with Gasteiger partial charge in [0.1, 0.15) is 11.4 Å². The van der Waals surface area contributed by atoms with E-state index in [4.69, 9.17) is 4.74 Å². The number of carbonyl (C=O) groups is 1. The van der Waals surface area contributed by atoms with Crippen molar-refractivity contribution in [2.45, 2.75) is 33.2 Å². The molecule has 0 fully saturated rings. The van der Waals surface area contributed by atoms with Crippen molar-refractivity contribution in [3.63, 3.8) is 0 Å². The predicted molar refractivity (Wildman–Crippen MR) is 86.4 cm³/mol. The number of hydrogen-bond donors (Lipinski definition) is 1. The van der Waals surface area contributed by atoms with Gasteiger partial charge >= 0.3 is 0 Å². The molecule has 1 N–H and O–H groups in total. The highest BCUT2D eigenvalue weighted by atomic mass is 16.5. The number of aryl methyl sites for hydroxylation is 1. The summed E-state index contributed by atoms with van der Waals surface area (Å²) < 4.78 is 6.98. The number of amides is 1. The molecule has 0 aliphatic carbocycles. The number of methoxy groups -OCH3 is 1. The molecule has 5 heteroatoms. The van der Waals surface area contributed by atoms with E-state index in [1.807, 2.05) is 55.8 Å². The minimum atomic E-state index is -0.129. The summed E-state index contributed by atoms with van der Waals surface area (Å²) in [4.78, 5) is 12.1. The Hall–Kier alpha value is -2.30. The quantitative estimate of drug-likeness (QED) is 0.892. The van der Waals surface area contributed by atoms with Crippen molar-refractivity contribution >= 4 is 5.91 Å². The van der Waals surface area contributed by atoms with Crippen LogP contribution in [0.1, 0.15) is 41.6 Å². The zero-order chi connectivity index (χ0) is 16.1. The summed E-state index contributed by atoms with van der Waals surface area (Å²) in [6.45, 7) is 6.64. The van der Waals surface area contributed by atoms with Gasteiger partial charge in [-0.2, -0.15) is 5.10 Å². The maximum atomic E-state index is 12.1. The number of aromatic nitrogens is 2.